The normalized spacial score (nSPS) is 23.8. The van der Waals surface area contributed by atoms with Crippen LogP contribution in [0.1, 0.15) is 39.0 Å². The molecule has 0 aromatic rings. The fourth-order valence-electron chi connectivity index (χ4n) is 3.00. The minimum absolute atomic E-state index is 0. The Bertz CT molecular complexity index is 280. The number of nitrogens with zero attached hydrogens (tertiary/aromatic N) is 1. The minimum Gasteiger partial charge on any atom is -0.381 e. The molecule has 2 rings (SSSR count). The van der Waals surface area contributed by atoms with Crippen LogP contribution in [-0.4, -0.2) is 43.2 Å². The van der Waals surface area contributed by atoms with E-state index in [9.17, 15) is 4.79 Å². The van der Waals surface area contributed by atoms with Crippen molar-refractivity contribution < 1.29 is 9.53 Å². The molecule has 0 aromatic heterocycles. The lowest BCUT2D eigenvalue weighted by molar-refractivity contribution is -0.132. The van der Waals surface area contributed by atoms with E-state index >= 15 is 0 Å². The highest BCUT2D eigenvalue weighted by atomic mass is 35.5. The maximum absolute atomic E-state index is 12.1. The van der Waals surface area contributed by atoms with Crippen LogP contribution in [0.4, 0.5) is 0 Å². The lowest BCUT2D eigenvalue weighted by Crippen LogP contribution is -2.44. The van der Waals surface area contributed by atoms with Crippen molar-refractivity contribution in [3.05, 3.63) is 0 Å². The van der Waals surface area contributed by atoms with E-state index in [1.165, 1.54) is 0 Å². The van der Waals surface area contributed by atoms with E-state index in [1.807, 2.05) is 4.90 Å². The topological polar surface area (TPSA) is 55.6 Å². The SMILES string of the molecule is CCCC(N)C(=O)N1CCC2(CCOCC2)C1.Cl. The average molecular weight is 277 g/mol. The van der Waals surface area contributed by atoms with Crippen molar-refractivity contribution in [1.82, 2.24) is 4.90 Å². The molecule has 2 saturated heterocycles. The largest absolute Gasteiger partial charge is 0.381 e. The number of likely N-dealkylation sites (tertiary alicyclic amines) is 1. The number of carbonyl (C=O) groups excluding carboxylic acids is 1. The van der Waals surface area contributed by atoms with Gasteiger partial charge in [0.05, 0.1) is 6.04 Å². The monoisotopic (exact) mass is 276 g/mol. The second-order valence-electron chi connectivity index (χ2n) is 5.52. The van der Waals surface area contributed by atoms with Crippen molar-refractivity contribution in [2.75, 3.05) is 26.3 Å². The molecule has 1 amide bonds. The van der Waals surface area contributed by atoms with E-state index in [-0.39, 0.29) is 24.4 Å². The Labute approximate surface area is 116 Å². The van der Waals surface area contributed by atoms with Gasteiger partial charge in [0, 0.05) is 26.3 Å². The van der Waals surface area contributed by atoms with Crippen molar-refractivity contribution in [3.8, 4) is 0 Å². The summed E-state index contributed by atoms with van der Waals surface area (Å²) in [4.78, 5) is 14.1. The Hall–Kier alpha value is -0.320. The van der Waals surface area contributed by atoms with Crippen molar-refractivity contribution in [2.24, 2.45) is 11.1 Å². The highest BCUT2D eigenvalue weighted by Gasteiger charge is 2.41. The molecule has 0 radical (unpaired) electrons. The number of hydrogen-bond donors (Lipinski definition) is 1. The third-order valence-corrected chi connectivity index (χ3v) is 4.22. The van der Waals surface area contributed by atoms with E-state index in [4.69, 9.17) is 10.5 Å². The number of hydrogen-bond acceptors (Lipinski definition) is 3. The molecular formula is C13H25ClN2O2. The molecule has 2 heterocycles. The number of rotatable bonds is 3. The molecule has 2 fully saturated rings. The Morgan fingerprint density at radius 2 is 2.06 bits per heavy atom. The first-order valence-corrected chi connectivity index (χ1v) is 6.79. The van der Waals surface area contributed by atoms with Crippen LogP contribution in [-0.2, 0) is 9.53 Å². The smallest absolute Gasteiger partial charge is 0.239 e. The van der Waals surface area contributed by atoms with Gasteiger partial charge in [-0.25, -0.2) is 0 Å². The van der Waals surface area contributed by atoms with Crippen LogP contribution in [0.3, 0.4) is 0 Å². The van der Waals surface area contributed by atoms with E-state index in [0.717, 1.165) is 58.4 Å². The molecule has 2 aliphatic rings. The first kappa shape index (κ1) is 15.7. The number of ether oxygens (including phenoxy) is 1. The van der Waals surface area contributed by atoms with E-state index in [2.05, 4.69) is 6.92 Å². The van der Waals surface area contributed by atoms with Gasteiger partial charge < -0.3 is 15.4 Å². The predicted molar refractivity (Wildman–Crippen MR) is 73.8 cm³/mol. The third-order valence-electron chi connectivity index (χ3n) is 4.22. The first-order valence-electron chi connectivity index (χ1n) is 6.79. The summed E-state index contributed by atoms with van der Waals surface area (Å²) in [5.74, 6) is 0.148. The minimum atomic E-state index is -0.296. The molecule has 18 heavy (non-hydrogen) atoms. The summed E-state index contributed by atoms with van der Waals surface area (Å²) in [5, 5.41) is 0. The van der Waals surface area contributed by atoms with Gasteiger partial charge in [-0.2, -0.15) is 0 Å². The Morgan fingerprint density at radius 3 is 2.67 bits per heavy atom. The summed E-state index contributed by atoms with van der Waals surface area (Å²) >= 11 is 0. The maximum Gasteiger partial charge on any atom is 0.239 e. The van der Waals surface area contributed by atoms with Gasteiger partial charge in [0.25, 0.3) is 0 Å². The highest BCUT2D eigenvalue weighted by molar-refractivity contribution is 5.85. The Kier molecular flexibility index (Phi) is 5.89. The van der Waals surface area contributed by atoms with Gasteiger partial charge >= 0.3 is 0 Å². The zero-order valence-electron chi connectivity index (χ0n) is 11.2. The van der Waals surface area contributed by atoms with Crippen molar-refractivity contribution >= 4 is 18.3 Å². The van der Waals surface area contributed by atoms with Gasteiger partial charge in [-0.15, -0.1) is 12.4 Å². The van der Waals surface area contributed by atoms with Crippen molar-refractivity contribution in [1.29, 1.82) is 0 Å². The van der Waals surface area contributed by atoms with E-state index in [0.29, 0.717) is 5.41 Å². The molecular weight excluding hydrogens is 252 g/mol. The Morgan fingerprint density at radius 1 is 1.39 bits per heavy atom. The lowest BCUT2D eigenvalue weighted by atomic mass is 9.80. The highest BCUT2D eigenvalue weighted by Crippen LogP contribution is 2.39. The van der Waals surface area contributed by atoms with Gasteiger partial charge in [-0.3, -0.25) is 4.79 Å². The molecule has 5 heteroatoms. The predicted octanol–water partition coefficient (Wildman–Crippen LogP) is 1.56. The summed E-state index contributed by atoms with van der Waals surface area (Å²) in [6, 6.07) is -0.296. The second kappa shape index (κ2) is 6.73. The lowest BCUT2D eigenvalue weighted by Gasteiger charge is -2.33. The van der Waals surface area contributed by atoms with Crippen LogP contribution < -0.4 is 5.73 Å². The molecule has 1 atom stereocenters. The molecule has 106 valence electrons. The second-order valence-corrected chi connectivity index (χ2v) is 5.52. The van der Waals surface area contributed by atoms with Crippen LogP contribution in [0.15, 0.2) is 0 Å². The van der Waals surface area contributed by atoms with E-state index < -0.39 is 0 Å². The first-order chi connectivity index (χ1) is 8.17. The summed E-state index contributed by atoms with van der Waals surface area (Å²) in [6.07, 6.45) is 5.09. The standard InChI is InChI=1S/C13H24N2O2.ClH/c1-2-3-11(14)12(16)15-7-4-13(10-15)5-8-17-9-6-13;/h11H,2-10,14H2,1H3;1H. The fraction of sp³-hybridized carbons (Fsp3) is 0.923. The summed E-state index contributed by atoms with van der Waals surface area (Å²) in [5.41, 5.74) is 6.24. The average Bonchev–Trinajstić information content (AvgIpc) is 2.73. The van der Waals surface area contributed by atoms with Crippen molar-refractivity contribution in [3.63, 3.8) is 0 Å². The van der Waals surface area contributed by atoms with Gasteiger partial charge in [0.15, 0.2) is 0 Å². The third kappa shape index (κ3) is 3.37. The molecule has 0 aromatic carbocycles. The number of nitrogens with two attached hydrogens (primary N) is 1. The summed E-state index contributed by atoms with van der Waals surface area (Å²) in [7, 11) is 0. The van der Waals surface area contributed by atoms with Crippen molar-refractivity contribution in [2.45, 2.75) is 45.1 Å². The molecule has 1 unspecified atom stereocenters. The molecule has 1 spiro atoms. The number of carbonyl (C=O) groups is 1. The number of halogens is 1. The van der Waals surface area contributed by atoms with Gasteiger partial charge in [-0.1, -0.05) is 13.3 Å². The van der Waals surface area contributed by atoms with E-state index in [1.54, 1.807) is 0 Å². The van der Waals surface area contributed by atoms with Crippen LogP contribution >= 0.6 is 12.4 Å². The molecule has 0 saturated carbocycles. The van der Waals surface area contributed by atoms with Gasteiger partial charge in [0.2, 0.25) is 5.91 Å². The van der Waals surface area contributed by atoms with Gasteiger partial charge in [0.1, 0.15) is 0 Å². The maximum atomic E-state index is 12.1. The number of amides is 1. The molecule has 2 N–H and O–H groups in total. The zero-order chi connectivity index (χ0) is 12.3. The van der Waals surface area contributed by atoms with Crippen LogP contribution in [0.2, 0.25) is 0 Å². The fourth-order valence-corrected chi connectivity index (χ4v) is 3.00. The molecule has 0 bridgehead atoms. The summed E-state index contributed by atoms with van der Waals surface area (Å²) < 4.78 is 5.41. The van der Waals surface area contributed by atoms with Crippen LogP contribution in [0, 0.1) is 5.41 Å². The van der Waals surface area contributed by atoms with Crippen LogP contribution in [0.5, 0.6) is 0 Å². The quantitative estimate of drug-likeness (QED) is 0.851. The summed E-state index contributed by atoms with van der Waals surface area (Å²) in [6.45, 7) is 5.55. The molecule has 0 aliphatic carbocycles. The molecule has 2 aliphatic heterocycles. The van der Waals surface area contributed by atoms with Gasteiger partial charge in [-0.05, 0) is 31.1 Å². The van der Waals surface area contributed by atoms with Crippen LogP contribution in [0.25, 0.3) is 0 Å². The zero-order valence-corrected chi connectivity index (χ0v) is 12.0. The Balaban J connectivity index is 0.00000162. The molecule has 4 nitrogen and oxygen atoms in total.